The Balaban J connectivity index is 1.85. The monoisotopic (exact) mass is 451 g/mol. The molecule has 1 aromatic carbocycles. The molecule has 31 heavy (non-hydrogen) atoms. The first-order valence-corrected chi connectivity index (χ1v) is 10.8. The second kappa shape index (κ2) is 7.17. The molecule has 0 aromatic heterocycles. The number of amides is 1. The van der Waals surface area contributed by atoms with Crippen molar-refractivity contribution in [2.24, 2.45) is 17.3 Å². The van der Waals surface area contributed by atoms with Crippen molar-refractivity contribution in [3.63, 3.8) is 0 Å². The van der Waals surface area contributed by atoms with E-state index in [0.29, 0.717) is 30.4 Å². The number of hydrogen-bond donors (Lipinski definition) is 2. The summed E-state index contributed by atoms with van der Waals surface area (Å²) in [5, 5.41) is 23.1. The third-order valence-electron chi connectivity index (χ3n) is 7.28. The highest BCUT2D eigenvalue weighted by molar-refractivity contribution is 7.80. The van der Waals surface area contributed by atoms with Crippen molar-refractivity contribution in [1.29, 1.82) is 5.26 Å². The van der Waals surface area contributed by atoms with Crippen LogP contribution in [-0.4, -0.2) is 39.9 Å². The Hall–Kier alpha value is -2.18. The van der Waals surface area contributed by atoms with Crippen molar-refractivity contribution in [3.8, 4) is 6.07 Å². The summed E-state index contributed by atoms with van der Waals surface area (Å²) in [4.78, 5) is 14.9. The maximum absolute atomic E-state index is 13.9. The van der Waals surface area contributed by atoms with Gasteiger partial charge in [0.1, 0.15) is 0 Å². The van der Waals surface area contributed by atoms with Crippen LogP contribution in [0.15, 0.2) is 18.2 Å². The highest BCUT2D eigenvalue weighted by Gasteiger charge is 2.68. The van der Waals surface area contributed by atoms with Gasteiger partial charge in [0, 0.05) is 12.0 Å². The molecular weight excluding hydrogens is 427 g/mol. The maximum Gasteiger partial charge on any atom is 0.390 e. The highest BCUT2D eigenvalue weighted by atomic mass is 32.1. The van der Waals surface area contributed by atoms with Gasteiger partial charge in [-0.25, -0.2) is 0 Å². The molecule has 1 aromatic rings. The Morgan fingerprint density at radius 1 is 1.32 bits per heavy atom. The molecule has 1 saturated heterocycles. The Labute approximate surface area is 184 Å². The lowest BCUT2D eigenvalue weighted by Crippen LogP contribution is -2.59. The fourth-order valence-corrected chi connectivity index (χ4v) is 6.39. The van der Waals surface area contributed by atoms with Gasteiger partial charge >= 0.3 is 6.18 Å². The minimum absolute atomic E-state index is 0.0183. The van der Waals surface area contributed by atoms with Gasteiger partial charge in [-0.2, -0.15) is 18.4 Å². The number of rotatable bonds is 2. The average molecular weight is 452 g/mol. The van der Waals surface area contributed by atoms with Crippen LogP contribution in [0.4, 0.5) is 13.2 Å². The molecule has 2 fully saturated rings. The molecule has 0 bridgehead atoms. The molecular formula is C22H24F3N3O2S. The molecule has 1 saturated carbocycles. The number of thiocarbonyl (C=S) groups is 1. The average Bonchev–Trinajstić information content (AvgIpc) is 3.09. The molecule has 2 spiro atoms. The summed E-state index contributed by atoms with van der Waals surface area (Å²) in [6.45, 7) is 3.31. The van der Waals surface area contributed by atoms with E-state index in [1.54, 1.807) is 12.1 Å². The fourth-order valence-electron chi connectivity index (χ4n) is 6.06. The number of carbonyl (C=O) groups excluding carboxylic acids is 1. The Bertz CT molecular complexity index is 977. The number of alkyl halides is 3. The number of nitriles is 1. The van der Waals surface area contributed by atoms with Crippen LogP contribution in [0.5, 0.6) is 0 Å². The number of carbonyl (C=O) groups is 1. The lowest BCUT2D eigenvalue weighted by Gasteiger charge is -2.50. The van der Waals surface area contributed by atoms with Crippen molar-refractivity contribution in [2.75, 3.05) is 6.54 Å². The minimum atomic E-state index is -4.41. The van der Waals surface area contributed by atoms with Crippen LogP contribution in [0.1, 0.15) is 49.8 Å². The molecule has 5 atom stereocenters. The van der Waals surface area contributed by atoms with Crippen LogP contribution in [0.25, 0.3) is 0 Å². The zero-order valence-electron chi connectivity index (χ0n) is 17.3. The zero-order chi connectivity index (χ0) is 22.8. The number of halogens is 3. The van der Waals surface area contributed by atoms with Gasteiger partial charge in [0.2, 0.25) is 0 Å². The number of aliphatic hydroxyl groups is 1. The predicted octanol–water partition coefficient (Wildman–Crippen LogP) is 3.39. The quantitative estimate of drug-likeness (QED) is 0.675. The van der Waals surface area contributed by atoms with Crippen LogP contribution in [-0.2, 0) is 16.8 Å². The summed E-state index contributed by atoms with van der Waals surface area (Å²) < 4.78 is 38.7. The Morgan fingerprint density at radius 3 is 2.55 bits per heavy atom. The van der Waals surface area contributed by atoms with Crippen LogP contribution < -0.4 is 5.32 Å². The SMILES string of the molecule is C[C@@H]1CC2(Cc3ccc(C#N)cc3[C@]23NC(=S)N(CCC(F)(F)F)C3=O)C[C@H](C)C1O. The third kappa shape index (κ3) is 3.23. The summed E-state index contributed by atoms with van der Waals surface area (Å²) >= 11 is 5.35. The molecule has 4 rings (SSSR count). The first-order valence-electron chi connectivity index (χ1n) is 10.4. The molecule has 2 unspecified atom stereocenters. The fraction of sp³-hybridized carbons (Fsp3) is 0.591. The van der Waals surface area contributed by atoms with Gasteiger partial charge in [-0.3, -0.25) is 9.69 Å². The van der Waals surface area contributed by atoms with E-state index in [4.69, 9.17) is 12.2 Å². The predicted molar refractivity (Wildman–Crippen MR) is 111 cm³/mol. The maximum atomic E-state index is 13.9. The van der Waals surface area contributed by atoms with Crippen LogP contribution in [0.3, 0.4) is 0 Å². The second-order valence-corrected chi connectivity index (χ2v) is 9.68. The van der Waals surface area contributed by atoms with Gasteiger partial charge in [-0.1, -0.05) is 19.9 Å². The first kappa shape index (κ1) is 22.0. The molecule has 5 nitrogen and oxygen atoms in total. The number of nitrogens with zero attached hydrogens (tertiary/aromatic N) is 2. The van der Waals surface area contributed by atoms with Crippen molar-refractivity contribution in [3.05, 3.63) is 34.9 Å². The lowest BCUT2D eigenvalue weighted by molar-refractivity contribution is -0.147. The molecule has 3 aliphatic rings. The summed E-state index contributed by atoms with van der Waals surface area (Å²) in [6, 6.07) is 7.26. The first-order chi connectivity index (χ1) is 14.4. The second-order valence-electron chi connectivity index (χ2n) is 9.30. The lowest BCUT2D eigenvalue weighted by atomic mass is 9.56. The molecule has 2 N–H and O–H groups in total. The van der Waals surface area contributed by atoms with E-state index in [0.717, 1.165) is 10.5 Å². The van der Waals surface area contributed by atoms with E-state index >= 15 is 0 Å². The van der Waals surface area contributed by atoms with Crippen molar-refractivity contribution in [1.82, 2.24) is 10.2 Å². The van der Waals surface area contributed by atoms with E-state index in [2.05, 4.69) is 11.4 Å². The number of fused-ring (bicyclic) bond motifs is 3. The number of benzene rings is 1. The highest BCUT2D eigenvalue weighted by Crippen LogP contribution is 2.61. The van der Waals surface area contributed by atoms with Crippen molar-refractivity contribution >= 4 is 23.2 Å². The molecule has 2 aliphatic carbocycles. The molecule has 1 heterocycles. The van der Waals surface area contributed by atoms with Gasteiger partial charge in [0.25, 0.3) is 5.91 Å². The van der Waals surface area contributed by atoms with E-state index in [1.807, 2.05) is 19.9 Å². The Morgan fingerprint density at radius 2 is 1.97 bits per heavy atom. The standard InChI is InChI=1S/C22H24F3N3O2S/c1-12-8-20(9-13(2)17(12)29)10-15-4-3-14(11-26)7-16(15)22(20)18(30)28(19(31)27-22)6-5-21(23,24)25/h3-4,7,12-13,17,29H,5-6,8-10H2,1-2H3,(H,27,31)/t12-,13+,17?,20?,22-/m1/s1. The van der Waals surface area contributed by atoms with Crippen molar-refractivity contribution in [2.45, 2.75) is 57.3 Å². The molecule has 1 aliphatic heterocycles. The molecule has 1 amide bonds. The number of hydrogen-bond acceptors (Lipinski definition) is 4. The molecule has 166 valence electrons. The smallest absolute Gasteiger partial charge is 0.390 e. The largest absolute Gasteiger partial charge is 0.393 e. The summed E-state index contributed by atoms with van der Waals surface area (Å²) in [6.07, 6.45) is -4.52. The van der Waals surface area contributed by atoms with Gasteiger partial charge in [0.15, 0.2) is 10.7 Å². The summed E-state index contributed by atoms with van der Waals surface area (Å²) in [5.41, 5.74) is -0.113. The summed E-state index contributed by atoms with van der Waals surface area (Å²) in [5.74, 6) is -0.693. The number of nitrogens with one attached hydrogen (secondary N) is 1. The van der Waals surface area contributed by atoms with E-state index in [9.17, 15) is 28.3 Å². The van der Waals surface area contributed by atoms with Gasteiger partial charge < -0.3 is 10.4 Å². The summed E-state index contributed by atoms with van der Waals surface area (Å²) in [7, 11) is 0. The zero-order valence-corrected chi connectivity index (χ0v) is 18.1. The Kier molecular flexibility index (Phi) is 5.10. The van der Waals surface area contributed by atoms with Crippen LogP contribution in [0, 0.1) is 28.6 Å². The van der Waals surface area contributed by atoms with Crippen LogP contribution >= 0.6 is 12.2 Å². The minimum Gasteiger partial charge on any atom is -0.393 e. The molecule has 9 heteroatoms. The molecule has 0 radical (unpaired) electrons. The van der Waals surface area contributed by atoms with Gasteiger partial charge in [0.05, 0.1) is 24.2 Å². The van der Waals surface area contributed by atoms with E-state index in [1.165, 1.54) is 0 Å². The van der Waals surface area contributed by atoms with Crippen molar-refractivity contribution < 1.29 is 23.1 Å². The normalized spacial score (nSPS) is 34.9. The third-order valence-corrected chi connectivity index (χ3v) is 7.61. The topological polar surface area (TPSA) is 76.4 Å². The van der Waals surface area contributed by atoms with Gasteiger partial charge in [-0.15, -0.1) is 0 Å². The van der Waals surface area contributed by atoms with E-state index < -0.39 is 42.1 Å². The van der Waals surface area contributed by atoms with E-state index in [-0.39, 0.29) is 16.9 Å². The van der Waals surface area contributed by atoms with Gasteiger partial charge in [-0.05, 0) is 66.6 Å². The number of aliphatic hydroxyl groups excluding tert-OH is 1. The van der Waals surface area contributed by atoms with Crippen LogP contribution in [0.2, 0.25) is 0 Å².